The molecule has 2 aromatic heterocycles. The fourth-order valence-corrected chi connectivity index (χ4v) is 4.03. The van der Waals surface area contributed by atoms with Crippen LogP contribution in [0, 0.1) is 0 Å². The zero-order valence-electron chi connectivity index (χ0n) is 14.3. The molecule has 0 saturated heterocycles. The fraction of sp³-hybridized carbons (Fsp3) is 0.105. The van der Waals surface area contributed by atoms with Crippen LogP contribution in [0.1, 0.15) is 5.82 Å². The number of aromatic nitrogens is 4. The Morgan fingerprint density at radius 2 is 1.81 bits per heavy atom. The van der Waals surface area contributed by atoms with Crippen LogP contribution in [0.4, 0.5) is 0 Å². The summed E-state index contributed by atoms with van der Waals surface area (Å²) < 4.78 is 3.54. The zero-order valence-corrected chi connectivity index (χ0v) is 16.6. The van der Waals surface area contributed by atoms with Crippen LogP contribution < -0.4 is 5.56 Å². The third kappa shape index (κ3) is 3.60. The lowest BCUT2D eigenvalue weighted by Gasteiger charge is -2.13. The van der Waals surface area contributed by atoms with Crippen molar-refractivity contribution in [2.75, 3.05) is 0 Å². The highest BCUT2D eigenvalue weighted by molar-refractivity contribution is 7.98. The van der Waals surface area contributed by atoms with E-state index in [9.17, 15) is 4.79 Å². The molecule has 4 rings (SSSR count). The van der Waals surface area contributed by atoms with Gasteiger partial charge < -0.3 is 4.57 Å². The average molecular weight is 417 g/mol. The quantitative estimate of drug-likeness (QED) is 0.356. The first-order chi connectivity index (χ1) is 13.0. The average Bonchev–Trinajstić information content (AvgIpc) is 3.06. The molecule has 0 unspecified atom stereocenters. The fourth-order valence-electron chi connectivity index (χ4n) is 2.72. The van der Waals surface area contributed by atoms with Crippen molar-refractivity contribution in [1.29, 1.82) is 0 Å². The number of fused-ring (bicyclic) bond motifs is 1. The zero-order chi connectivity index (χ0) is 19.0. The summed E-state index contributed by atoms with van der Waals surface area (Å²) in [4.78, 5) is 22.2. The van der Waals surface area contributed by atoms with Gasteiger partial charge in [0.2, 0.25) is 0 Å². The summed E-state index contributed by atoms with van der Waals surface area (Å²) in [5.41, 5.74) is 1.12. The molecule has 0 atom stereocenters. The Morgan fingerprint density at radius 1 is 1.07 bits per heavy atom. The summed E-state index contributed by atoms with van der Waals surface area (Å²) in [6.07, 6.45) is 3.63. The second kappa shape index (κ2) is 7.38. The van der Waals surface area contributed by atoms with Gasteiger partial charge in [0.25, 0.3) is 5.56 Å². The highest BCUT2D eigenvalue weighted by Gasteiger charge is 2.15. The Bertz CT molecular complexity index is 1180. The molecule has 0 radical (unpaired) electrons. The SMILES string of the molecule is Cn1ccnc1CSc1nc2cc(Cl)ccc2c(=O)n1-c1ccc(Cl)cc1. The van der Waals surface area contributed by atoms with Gasteiger partial charge in [-0.15, -0.1) is 0 Å². The number of hydrogen-bond acceptors (Lipinski definition) is 4. The third-order valence-corrected chi connectivity index (χ3v) is 5.56. The van der Waals surface area contributed by atoms with E-state index in [4.69, 9.17) is 28.2 Å². The van der Waals surface area contributed by atoms with Gasteiger partial charge in [-0.2, -0.15) is 0 Å². The highest BCUT2D eigenvalue weighted by Crippen LogP contribution is 2.25. The number of halogens is 2. The second-order valence-electron chi connectivity index (χ2n) is 5.92. The first-order valence-electron chi connectivity index (χ1n) is 8.10. The summed E-state index contributed by atoms with van der Waals surface area (Å²) in [6.45, 7) is 0. The first-order valence-corrected chi connectivity index (χ1v) is 9.84. The Hall–Kier alpha value is -2.28. The Morgan fingerprint density at radius 3 is 2.52 bits per heavy atom. The van der Waals surface area contributed by atoms with E-state index in [0.717, 1.165) is 5.82 Å². The Kier molecular flexibility index (Phi) is 4.95. The van der Waals surface area contributed by atoms with E-state index in [-0.39, 0.29) is 5.56 Å². The van der Waals surface area contributed by atoms with Crippen molar-refractivity contribution in [2.24, 2.45) is 7.05 Å². The normalized spacial score (nSPS) is 11.2. The third-order valence-electron chi connectivity index (χ3n) is 4.14. The molecular formula is C19H14Cl2N4OS. The molecule has 0 aliphatic carbocycles. The largest absolute Gasteiger partial charge is 0.337 e. The summed E-state index contributed by atoms with van der Waals surface area (Å²) in [6, 6.07) is 12.2. The van der Waals surface area contributed by atoms with Gasteiger partial charge in [0.15, 0.2) is 5.16 Å². The number of hydrogen-bond donors (Lipinski definition) is 0. The minimum atomic E-state index is -0.152. The maximum atomic E-state index is 13.2. The van der Waals surface area contributed by atoms with Crippen LogP contribution in [0.3, 0.4) is 0 Å². The molecule has 4 aromatic rings. The van der Waals surface area contributed by atoms with Crippen LogP contribution >= 0.6 is 35.0 Å². The highest BCUT2D eigenvalue weighted by atomic mass is 35.5. The number of aryl methyl sites for hydroxylation is 1. The lowest BCUT2D eigenvalue weighted by molar-refractivity contribution is 0.812. The molecule has 0 aliphatic rings. The van der Waals surface area contributed by atoms with Crippen LogP contribution in [0.2, 0.25) is 10.0 Å². The molecule has 27 heavy (non-hydrogen) atoms. The van der Waals surface area contributed by atoms with Crippen LogP contribution in [-0.4, -0.2) is 19.1 Å². The van der Waals surface area contributed by atoms with Crippen LogP contribution in [0.15, 0.2) is 64.8 Å². The first kappa shape index (κ1) is 18.1. The van der Waals surface area contributed by atoms with Gasteiger partial charge in [0, 0.05) is 29.5 Å². The maximum absolute atomic E-state index is 13.2. The Balaban J connectivity index is 1.88. The monoisotopic (exact) mass is 416 g/mol. The predicted octanol–water partition coefficient (Wildman–Crippen LogP) is 4.72. The number of imidazole rings is 1. The van der Waals surface area contributed by atoms with Crippen molar-refractivity contribution < 1.29 is 0 Å². The Labute approximate surface area is 169 Å². The molecule has 0 aliphatic heterocycles. The summed E-state index contributed by atoms with van der Waals surface area (Å²) in [5.74, 6) is 1.47. The van der Waals surface area contributed by atoms with Gasteiger partial charge in [0.05, 0.1) is 22.3 Å². The van der Waals surface area contributed by atoms with Gasteiger partial charge >= 0.3 is 0 Å². The van der Waals surface area contributed by atoms with Crippen molar-refractivity contribution in [1.82, 2.24) is 19.1 Å². The molecule has 0 bridgehead atoms. The van der Waals surface area contributed by atoms with Crippen molar-refractivity contribution in [2.45, 2.75) is 10.9 Å². The van der Waals surface area contributed by atoms with Gasteiger partial charge in [-0.1, -0.05) is 35.0 Å². The van der Waals surface area contributed by atoms with E-state index in [1.807, 2.05) is 17.8 Å². The van der Waals surface area contributed by atoms with Crippen molar-refractivity contribution in [3.63, 3.8) is 0 Å². The van der Waals surface area contributed by atoms with Gasteiger partial charge in [0.1, 0.15) is 5.82 Å². The molecule has 0 saturated carbocycles. The number of thioether (sulfide) groups is 1. The standard InChI is InChI=1S/C19H14Cl2N4OS/c1-24-9-8-22-17(24)11-27-19-23-16-10-13(21)4-7-15(16)18(26)25(19)14-5-2-12(20)3-6-14/h2-10H,11H2,1H3. The van der Waals surface area contributed by atoms with Gasteiger partial charge in [-0.3, -0.25) is 9.36 Å². The smallest absolute Gasteiger partial charge is 0.266 e. The number of benzene rings is 2. The van der Waals surface area contributed by atoms with Gasteiger partial charge in [-0.05, 0) is 42.5 Å². The van der Waals surface area contributed by atoms with Crippen molar-refractivity contribution in [3.05, 3.63) is 81.1 Å². The van der Waals surface area contributed by atoms with E-state index >= 15 is 0 Å². The number of rotatable bonds is 4. The summed E-state index contributed by atoms with van der Waals surface area (Å²) in [7, 11) is 1.93. The van der Waals surface area contributed by atoms with Crippen molar-refractivity contribution in [3.8, 4) is 5.69 Å². The minimum Gasteiger partial charge on any atom is -0.337 e. The van der Waals surface area contributed by atoms with Crippen molar-refractivity contribution >= 4 is 45.9 Å². The minimum absolute atomic E-state index is 0.152. The lowest BCUT2D eigenvalue weighted by Crippen LogP contribution is -2.21. The maximum Gasteiger partial charge on any atom is 0.266 e. The predicted molar refractivity (Wildman–Crippen MR) is 110 cm³/mol. The summed E-state index contributed by atoms with van der Waals surface area (Å²) in [5, 5.41) is 2.23. The van der Waals surface area contributed by atoms with Gasteiger partial charge in [-0.25, -0.2) is 9.97 Å². The molecule has 0 amide bonds. The van der Waals surface area contributed by atoms with E-state index in [1.165, 1.54) is 11.8 Å². The molecule has 0 fully saturated rings. The van der Waals surface area contributed by atoms with Crippen LogP contribution in [0.25, 0.3) is 16.6 Å². The van der Waals surface area contributed by atoms with E-state index < -0.39 is 0 Å². The van der Waals surface area contributed by atoms with E-state index in [0.29, 0.717) is 37.5 Å². The molecular weight excluding hydrogens is 403 g/mol. The molecule has 2 heterocycles. The molecule has 5 nitrogen and oxygen atoms in total. The lowest BCUT2D eigenvalue weighted by atomic mass is 10.2. The molecule has 0 N–H and O–H groups in total. The van der Waals surface area contributed by atoms with E-state index in [2.05, 4.69) is 4.98 Å². The molecule has 2 aromatic carbocycles. The second-order valence-corrected chi connectivity index (χ2v) is 7.73. The van der Waals surface area contributed by atoms with E-state index in [1.54, 1.807) is 53.2 Å². The molecule has 0 spiro atoms. The topological polar surface area (TPSA) is 52.7 Å². The van der Waals surface area contributed by atoms with Crippen LogP contribution in [0.5, 0.6) is 0 Å². The molecule has 8 heteroatoms. The number of nitrogens with zero attached hydrogens (tertiary/aromatic N) is 4. The molecule has 136 valence electrons. The summed E-state index contributed by atoms with van der Waals surface area (Å²) >= 11 is 13.5. The van der Waals surface area contributed by atoms with Crippen LogP contribution in [-0.2, 0) is 12.8 Å².